The molecule has 2 nitrogen and oxygen atoms in total. The van der Waals surface area contributed by atoms with Crippen LogP contribution in [-0.2, 0) is 0 Å². The Kier molecular flexibility index (Phi) is 5.14. The summed E-state index contributed by atoms with van der Waals surface area (Å²) >= 11 is 6.69. The molecule has 2 aromatic rings. The van der Waals surface area contributed by atoms with Gasteiger partial charge in [-0.05, 0) is 30.0 Å². The topological polar surface area (TPSA) is 38.0 Å². The third kappa shape index (κ3) is 3.71. The fraction of sp³-hybridized carbons (Fsp3) is 0.133. The van der Waals surface area contributed by atoms with Crippen molar-refractivity contribution in [2.75, 3.05) is 11.1 Å². The Balaban J connectivity index is 2.43. The molecule has 0 aliphatic heterocycles. The summed E-state index contributed by atoms with van der Waals surface area (Å²) in [6, 6.07) is 8.87. The number of anilines is 2. The van der Waals surface area contributed by atoms with Gasteiger partial charge in [0, 0.05) is 22.2 Å². The fourth-order valence-electron chi connectivity index (χ4n) is 1.90. The second kappa shape index (κ2) is 6.87. The molecule has 0 aliphatic carbocycles. The summed E-state index contributed by atoms with van der Waals surface area (Å²) in [4.78, 5) is 1.16. The monoisotopic (exact) mass is 324 g/mol. The number of nitrogens with two attached hydrogens (primary N) is 1. The van der Waals surface area contributed by atoms with Gasteiger partial charge in [-0.3, -0.25) is 0 Å². The van der Waals surface area contributed by atoms with Crippen molar-refractivity contribution < 1.29 is 8.78 Å². The van der Waals surface area contributed by atoms with Crippen molar-refractivity contribution in [2.24, 2.45) is 5.73 Å². The summed E-state index contributed by atoms with van der Waals surface area (Å²) in [6.45, 7) is 2.02. The lowest BCUT2D eigenvalue weighted by Gasteiger charge is -2.15. The number of thiocarbonyl (C=S) groups is 1. The van der Waals surface area contributed by atoms with Crippen LogP contribution >= 0.6 is 24.0 Å². The van der Waals surface area contributed by atoms with Crippen molar-refractivity contribution in [2.45, 2.75) is 11.8 Å². The van der Waals surface area contributed by atoms with E-state index in [0.717, 1.165) is 16.7 Å². The fourth-order valence-corrected chi connectivity index (χ4v) is 3.04. The lowest BCUT2D eigenvalue weighted by Crippen LogP contribution is -2.13. The van der Waals surface area contributed by atoms with Gasteiger partial charge >= 0.3 is 0 Å². The highest BCUT2D eigenvalue weighted by Crippen LogP contribution is 2.31. The van der Waals surface area contributed by atoms with Crippen LogP contribution in [0.25, 0.3) is 0 Å². The zero-order valence-corrected chi connectivity index (χ0v) is 13.0. The van der Waals surface area contributed by atoms with E-state index in [-0.39, 0.29) is 10.7 Å². The van der Waals surface area contributed by atoms with Crippen molar-refractivity contribution in [1.29, 1.82) is 0 Å². The predicted octanol–water partition coefficient (Wildman–Crippen LogP) is 4.45. The lowest BCUT2D eigenvalue weighted by molar-refractivity contribution is 0.586. The molecule has 0 aromatic heterocycles. The number of benzene rings is 2. The van der Waals surface area contributed by atoms with Crippen molar-refractivity contribution in [3.8, 4) is 0 Å². The van der Waals surface area contributed by atoms with E-state index in [2.05, 4.69) is 5.32 Å². The minimum Gasteiger partial charge on any atom is -0.389 e. The second-order valence-corrected chi connectivity index (χ2v) is 5.97. The normalized spacial score (nSPS) is 10.4. The van der Waals surface area contributed by atoms with Crippen LogP contribution in [0, 0.1) is 11.6 Å². The van der Waals surface area contributed by atoms with Crippen LogP contribution < -0.4 is 11.1 Å². The van der Waals surface area contributed by atoms with Crippen molar-refractivity contribution in [3.63, 3.8) is 0 Å². The number of hydrogen-bond donors (Lipinski definition) is 2. The zero-order chi connectivity index (χ0) is 15.4. The molecule has 0 bridgehead atoms. The first-order valence-corrected chi connectivity index (χ1v) is 7.70. The van der Waals surface area contributed by atoms with E-state index in [0.29, 0.717) is 11.3 Å². The Hall–Kier alpha value is -1.66. The Morgan fingerprint density at radius 3 is 2.62 bits per heavy atom. The number of rotatable bonds is 5. The smallest absolute Gasteiger partial charge is 0.149 e. The van der Waals surface area contributed by atoms with Crippen molar-refractivity contribution >= 4 is 40.3 Å². The van der Waals surface area contributed by atoms with Crippen LogP contribution in [0.2, 0.25) is 0 Å². The number of hydrogen-bond acceptors (Lipinski definition) is 3. The van der Waals surface area contributed by atoms with E-state index < -0.39 is 11.6 Å². The Labute approximate surface area is 131 Å². The molecule has 0 saturated heterocycles. The third-order valence-electron chi connectivity index (χ3n) is 2.77. The molecular formula is C15H14F2N2S2. The van der Waals surface area contributed by atoms with Gasteiger partial charge in [-0.15, -0.1) is 11.8 Å². The molecule has 0 spiro atoms. The molecule has 21 heavy (non-hydrogen) atoms. The van der Waals surface area contributed by atoms with Gasteiger partial charge in [-0.2, -0.15) is 0 Å². The summed E-state index contributed by atoms with van der Waals surface area (Å²) in [5, 5.41) is 2.93. The van der Waals surface area contributed by atoms with Crippen molar-refractivity contribution in [3.05, 3.63) is 53.6 Å². The van der Waals surface area contributed by atoms with Crippen LogP contribution in [0.4, 0.5) is 20.2 Å². The summed E-state index contributed by atoms with van der Waals surface area (Å²) < 4.78 is 26.7. The summed E-state index contributed by atoms with van der Waals surface area (Å²) in [5.41, 5.74) is 7.23. The zero-order valence-electron chi connectivity index (χ0n) is 11.3. The lowest BCUT2D eigenvalue weighted by atomic mass is 10.1. The van der Waals surface area contributed by atoms with Crippen LogP contribution in [-0.4, -0.2) is 10.7 Å². The van der Waals surface area contributed by atoms with E-state index in [1.807, 2.05) is 19.1 Å². The van der Waals surface area contributed by atoms with Gasteiger partial charge < -0.3 is 11.1 Å². The first-order chi connectivity index (χ1) is 10.0. The molecule has 6 heteroatoms. The average Bonchev–Trinajstić information content (AvgIpc) is 2.42. The minimum atomic E-state index is -0.669. The number of halogens is 2. The van der Waals surface area contributed by atoms with E-state index in [1.54, 1.807) is 17.8 Å². The first-order valence-electron chi connectivity index (χ1n) is 6.30. The highest BCUT2D eigenvalue weighted by Gasteiger charge is 2.13. The standard InChI is InChI=1S/C15H14F2N2S2/c1-2-21-13-5-3-4-12(14(13)15(18)20)19-11-7-6-9(16)8-10(11)17/h3-8,19H,2H2,1H3,(H2,18,20). The highest BCUT2D eigenvalue weighted by atomic mass is 32.2. The largest absolute Gasteiger partial charge is 0.389 e. The molecule has 0 aliphatic rings. The SMILES string of the molecule is CCSc1cccc(Nc2ccc(F)cc2F)c1C(N)=S. The van der Waals surface area contributed by atoms with Gasteiger partial charge in [0.25, 0.3) is 0 Å². The molecule has 0 heterocycles. The molecular weight excluding hydrogens is 310 g/mol. The molecule has 0 amide bonds. The maximum Gasteiger partial charge on any atom is 0.149 e. The van der Waals surface area contributed by atoms with Gasteiger partial charge in [-0.1, -0.05) is 25.2 Å². The Bertz CT molecular complexity index is 675. The summed E-state index contributed by atoms with van der Waals surface area (Å²) in [7, 11) is 0. The van der Waals surface area contributed by atoms with Crippen LogP contribution in [0.3, 0.4) is 0 Å². The quantitative estimate of drug-likeness (QED) is 0.629. The molecule has 3 N–H and O–H groups in total. The Morgan fingerprint density at radius 2 is 2.00 bits per heavy atom. The molecule has 0 atom stereocenters. The summed E-state index contributed by atoms with van der Waals surface area (Å²) in [6.07, 6.45) is 0. The van der Waals surface area contributed by atoms with Crippen LogP contribution in [0.1, 0.15) is 12.5 Å². The van der Waals surface area contributed by atoms with Gasteiger partial charge in [-0.25, -0.2) is 8.78 Å². The van der Waals surface area contributed by atoms with E-state index in [9.17, 15) is 8.78 Å². The Morgan fingerprint density at radius 1 is 1.24 bits per heavy atom. The molecule has 0 unspecified atom stereocenters. The number of thioether (sulfide) groups is 1. The second-order valence-electron chi connectivity index (χ2n) is 4.23. The first kappa shape index (κ1) is 15.7. The van der Waals surface area contributed by atoms with Crippen LogP contribution in [0.5, 0.6) is 0 Å². The predicted molar refractivity (Wildman–Crippen MR) is 88.4 cm³/mol. The van der Waals surface area contributed by atoms with E-state index >= 15 is 0 Å². The third-order valence-corrected chi connectivity index (χ3v) is 3.92. The van der Waals surface area contributed by atoms with Gasteiger partial charge in [0.05, 0.1) is 5.69 Å². The maximum atomic E-state index is 13.7. The molecule has 0 fully saturated rings. The summed E-state index contributed by atoms with van der Waals surface area (Å²) in [5.74, 6) is -0.426. The van der Waals surface area contributed by atoms with Gasteiger partial charge in [0.15, 0.2) is 0 Å². The van der Waals surface area contributed by atoms with Crippen molar-refractivity contribution in [1.82, 2.24) is 0 Å². The molecule has 2 aromatic carbocycles. The minimum absolute atomic E-state index is 0.174. The van der Waals surface area contributed by atoms with Crippen LogP contribution in [0.15, 0.2) is 41.3 Å². The van der Waals surface area contributed by atoms with E-state index in [1.165, 1.54) is 12.1 Å². The maximum absolute atomic E-state index is 13.7. The van der Waals surface area contributed by atoms with Gasteiger partial charge in [0.1, 0.15) is 16.6 Å². The molecule has 2 rings (SSSR count). The van der Waals surface area contributed by atoms with Gasteiger partial charge in [0.2, 0.25) is 0 Å². The molecule has 0 radical (unpaired) electrons. The highest BCUT2D eigenvalue weighted by molar-refractivity contribution is 7.99. The average molecular weight is 324 g/mol. The van der Waals surface area contributed by atoms with E-state index in [4.69, 9.17) is 18.0 Å². The number of nitrogens with one attached hydrogen (secondary N) is 1. The molecule has 0 saturated carbocycles. The molecule has 110 valence electrons.